The number of para-hydroxylation sites is 1. The Morgan fingerprint density at radius 1 is 1.27 bits per heavy atom. The normalized spacial score (nSPS) is 17.9. The van der Waals surface area contributed by atoms with Crippen molar-refractivity contribution in [3.05, 3.63) is 54.1 Å². The molecule has 0 amide bonds. The highest BCUT2D eigenvalue weighted by Gasteiger charge is 2.21. The Bertz CT molecular complexity index is 437. The first-order chi connectivity index (χ1) is 7.45. The maximum atomic E-state index is 5.07. The topological polar surface area (TPSA) is 24.5 Å². The third kappa shape index (κ3) is 1.36. The monoisotopic (exact) mass is 200 g/mol. The van der Waals surface area contributed by atoms with E-state index >= 15 is 0 Å². The first kappa shape index (κ1) is 8.41. The summed E-state index contributed by atoms with van der Waals surface area (Å²) in [6.45, 7) is 1.01. The summed E-state index contributed by atoms with van der Waals surface area (Å²) in [5, 5.41) is 0. The van der Waals surface area contributed by atoms with Gasteiger partial charge in [-0.3, -0.25) is 0 Å². The van der Waals surface area contributed by atoms with Crippen LogP contribution in [0.5, 0.6) is 0 Å². The molecule has 0 aliphatic carbocycles. The standard InChI is InChI=1S/C12H12N2O/c1-2-5-11-10(4-1)7-8-14(11)12-6-3-9-15-13-12/h1-6,9,13H,7-8H2. The third-order valence-electron chi connectivity index (χ3n) is 2.74. The van der Waals surface area contributed by atoms with E-state index in [9.17, 15) is 0 Å². The molecule has 76 valence electrons. The fourth-order valence-electron chi connectivity index (χ4n) is 2.03. The highest BCUT2D eigenvalue weighted by atomic mass is 16.6. The number of hydrogen-bond donors (Lipinski definition) is 1. The molecule has 0 atom stereocenters. The summed E-state index contributed by atoms with van der Waals surface area (Å²) in [5.41, 5.74) is 5.57. The van der Waals surface area contributed by atoms with E-state index in [0.29, 0.717) is 0 Å². The number of hydroxylamine groups is 1. The van der Waals surface area contributed by atoms with Crippen LogP contribution in [-0.2, 0) is 11.3 Å². The van der Waals surface area contributed by atoms with Gasteiger partial charge in [-0.25, -0.2) is 5.48 Å². The number of hydrogen-bond acceptors (Lipinski definition) is 3. The zero-order valence-corrected chi connectivity index (χ0v) is 8.31. The van der Waals surface area contributed by atoms with E-state index in [-0.39, 0.29) is 0 Å². The molecular formula is C12H12N2O. The minimum atomic E-state index is 1.00. The molecule has 0 radical (unpaired) electrons. The highest BCUT2D eigenvalue weighted by Crippen LogP contribution is 2.30. The van der Waals surface area contributed by atoms with E-state index in [1.165, 1.54) is 11.3 Å². The molecule has 0 saturated heterocycles. The molecule has 0 spiro atoms. The van der Waals surface area contributed by atoms with Crippen molar-refractivity contribution in [3.63, 3.8) is 0 Å². The van der Waals surface area contributed by atoms with Gasteiger partial charge in [-0.1, -0.05) is 18.2 Å². The van der Waals surface area contributed by atoms with Gasteiger partial charge in [0.2, 0.25) is 0 Å². The number of anilines is 1. The van der Waals surface area contributed by atoms with Crippen LogP contribution >= 0.6 is 0 Å². The number of benzene rings is 1. The first-order valence-electron chi connectivity index (χ1n) is 5.09. The Balaban J connectivity index is 1.96. The molecule has 2 aliphatic heterocycles. The SMILES string of the molecule is C1=CONC(N2CCc3ccccc32)=C1. The quantitative estimate of drug-likeness (QED) is 0.749. The molecule has 0 fully saturated rings. The van der Waals surface area contributed by atoms with Crippen LogP contribution in [0.2, 0.25) is 0 Å². The van der Waals surface area contributed by atoms with Gasteiger partial charge in [0, 0.05) is 12.2 Å². The second-order valence-electron chi connectivity index (χ2n) is 3.63. The van der Waals surface area contributed by atoms with Crippen LogP contribution in [0.3, 0.4) is 0 Å². The lowest BCUT2D eigenvalue weighted by molar-refractivity contribution is 0.157. The lowest BCUT2D eigenvalue weighted by Crippen LogP contribution is -2.30. The maximum absolute atomic E-state index is 5.07. The molecule has 1 N–H and O–H groups in total. The maximum Gasteiger partial charge on any atom is 0.141 e. The Labute approximate surface area is 88.6 Å². The second-order valence-corrected chi connectivity index (χ2v) is 3.63. The van der Waals surface area contributed by atoms with Crippen LogP contribution in [0, 0.1) is 0 Å². The van der Waals surface area contributed by atoms with E-state index in [1.807, 2.05) is 12.2 Å². The van der Waals surface area contributed by atoms with E-state index < -0.39 is 0 Å². The predicted molar refractivity (Wildman–Crippen MR) is 58.9 cm³/mol. The molecular weight excluding hydrogens is 188 g/mol. The summed E-state index contributed by atoms with van der Waals surface area (Å²) >= 11 is 0. The third-order valence-corrected chi connectivity index (χ3v) is 2.74. The molecule has 15 heavy (non-hydrogen) atoms. The fraction of sp³-hybridized carbons (Fsp3) is 0.167. The molecule has 3 nitrogen and oxygen atoms in total. The Morgan fingerprint density at radius 2 is 2.20 bits per heavy atom. The summed E-state index contributed by atoms with van der Waals surface area (Å²) in [6, 6.07) is 8.47. The number of fused-ring (bicyclic) bond motifs is 1. The predicted octanol–water partition coefficient (Wildman–Crippen LogP) is 1.94. The van der Waals surface area contributed by atoms with E-state index in [4.69, 9.17) is 4.84 Å². The summed E-state index contributed by atoms with van der Waals surface area (Å²) in [4.78, 5) is 7.30. The van der Waals surface area contributed by atoms with Gasteiger partial charge in [-0.2, -0.15) is 0 Å². The van der Waals surface area contributed by atoms with Crippen LogP contribution in [0.15, 0.2) is 48.5 Å². The van der Waals surface area contributed by atoms with Crippen molar-refractivity contribution in [1.29, 1.82) is 0 Å². The average molecular weight is 200 g/mol. The van der Waals surface area contributed by atoms with Crippen LogP contribution in [-0.4, -0.2) is 6.54 Å². The van der Waals surface area contributed by atoms with Crippen LogP contribution in [0.25, 0.3) is 0 Å². The fourth-order valence-corrected chi connectivity index (χ4v) is 2.03. The van der Waals surface area contributed by atoms with E-state index in [1.54, 1.807) is 6.26 Å². The van der Waals surface area contributed by atoms with Crippen molar-refractivity contribution in [2.24, 2.45) is 0 Å². The summed E-state index contributed by atoms with van der Waals surface area (Å²) in [6.07, 6.45) is 6.64. The molecule has 3 heteroatoms. The number of nitrogens with zero attached hydrogens (tertiary/aromatic N) is 1. The minimum Gasteiger partial charge on any atom is -0.389 e. The zero-order valence-electron chi connectivity index (χ0n) is 8.31. The smallest absolute Gasteiger partial charge is 0.141 e. The number of rotatable bonds is 1. The van der Waals surface area contributed by atoms with Crippen molar-refractivity contribution in [1.82, 2.24) is 5.48 Å². The van der Waals surface area contributed by atoms with Gasteiger partial charge >= 0.3 is 0 Å². The van der Waals surface area contributed by atoms with Gasteiger partial charge in [0.1, 0.15) is 12.1 Å². The summed E-state index contributed by atoms with van der Waals surface area (Å²) in [5.74, 6) is 1.00. The van der Waals surface area contributed by atoms with Crippen molar-refractivity contribution >= 4 is 5.69 Å². The Kier molecular flexibility index (Phi) is 1.88. The Hall–Kier alpha value is -1.90. The minimum absolute atomic E-state index is 1.00. The van der Waals surface area contributed by atoms with E-state index in [2.05, 4.69) is 34.6 Å². The lowest BCUT2D eigenvalue weighted by atomic mass is 10.2. The lowest BCUT2D eigenvalue weighted by Gasteiger charge is -2.24. The Morgan fingerprint density at radius 3 is 3.07 bits per heavy atom. The van der Waals surface area contributed by atoms with Gasteiger partial charge in [-0.05, 0) is 30.2 Å². The first-order valence-corrected chi connectivity index (χ1v) is 5.09. The zero-order chi connectivity index (χ0) is 10.1. The summed E-state index contributed by atoms with van der Waals surface area (Å²) in [7, 11) is 0. The van der Waals surface area contributed by atoms with Crippen molar-refractivity contribution in [3.8, 4) is 0 Å². The van der Waals surface area contributed by atoms with Crippen molar-refractivity contribution in [2.45, 2.75) is 6.42 Å². The number of nitrogens with one attached hydrogen (secondary N) is 1. The van der Waals surface area contributed by atoms with Gasteiger partial charge in [-0.15, -0.1) is 0 Å². The van der Waals surface area contributed by atoms with Gasteiger partial charge < -0.3 is 9.74 Å². The van der Waals surface area contributed by atoms with Crippen molar-refractivity contribution < 1.29 is 4.84 Å². The summed E-state index contributed by atoms with van der Waals surface area (Å²) < 4.78 is 0. The van der Waals surface area contributed by atoms with Crippen molar-refractivity contribution in [2.75, 3.05) is 11.4 Å². The molecule has 0 bridgehead atoms. The molecule has 2 aliphatic rings. The molecule has 0 saturated carbocycles. The second kappa shape index (κ2) is 3.35. The molecule has 1 aromatic rings. The molecule has 2 heterocycles. The molecule has 0 aromatic heterocycles. The molecule has 1 aromatic carbocycles. The highest BCUT2D eigenvalue weighted by molar-refractivity contribution is 5.61. The molecule has 0 unspecified atom stereocenters. The average Bonchev–Trinajstić information content (AvgIpc) is 2.74. The van der Waals surface area contributed by atoms with E-state index in [0.717, 1.165) is 18.8 Å². The van der Waals surface area contributed by atoms with Crippen LogP contribution < -0.4 is 10.4 Å². The largest absolute Gasteiger partial charge is 0.389 e. The number of allylic oxidation sites excluding steroid dienone is 2. The van der Waals surface area contributed by atoms with Gasteiger partial charge in [0.25, 0.3) is 0 Å². The molecule has 3 rings (SSSR count). The van der Waals surface area contributed by atoms with Crippen LogP contribution in [0.1, 0.15) is 5.56 Å². The van der Waals surface area contributed by atoms with Gasteiger partial charge in [0.15, 0.2) is 0 Å². The van der Waals surface area contributed by atoms with Crippen LogP contribution in [0.4, 0.5) is 5.69 Å². The van der Waals surface area contributed by atoms with Gasteiger partial charge in [0.05, 0.1) is 0 Å².